The lowest BCUT2D eigenvalue weighted by atomic mass is 10.5. The van der Waals surface area contributed by atoms with Crippen LogP contribution in [0.5, 0.6) is 0 Å². The topological polar surface area (TPSA) is 35.5 Å². The van der Waals surface area contributed by atoms with Gasteiger partial charge in [0, 0.05) is 19.6 Å². The van der Waals surface area contributed by atoms with Crippen molar-refractivity contribution in [1.82, 2.24) is 0 Å². The van der Waals surface area contributed by atoms with Crippen molar-refractivity contribution in [3.8, 4) is 0 Å². The maximum atomic E-state index is 10.2. The van der Waals surface area contributed by atoms with E-state index in [-0.39, 0.29) is 5.97 Å². The van der Waals surface area contributed by atoms with Crippen molar-refractivity contribution in [2.24, 2.45) is 0 Å². The van der Waals surface area contributed by atoms with Gasteiger partial charge in [-0.25, -0.2) is 0 Å². The quantitative estimate of drug-likeness (QED) is 0.614. The molecule has 0 spiro atoms. The van der Waals surface area contributed by atoms with E-state index in [0.29, 0.717) is 13.0 Å². The number of carbonyl (C=O) groups is 1. The molecule has 0 unspecified atom stereocenters. The molecule has 3 heteroatoms. The van der Waals surface area contributed by atoms with E-state index in [1.807, 2.05) is 13.8 Å². The highest BCUT2D eigenvalue weighted by Crippen LogP contribution is 1.80. The summed E-state index contributed by atoms with van der Waals surface area (Å²) in [4.78, 5) is 10.2. The van der Waals surface area contributed by atoms with E-state index in [4.69, 9.17) is 4.74 Å². The summed E-state index contributed by atoms with van der Waals surface area (Å²) in [5, 5.41) is 0. The monoisotopic (exact) mass is 176 g/mol. The Balaban J connectivity index is 0. The largest absolute Gasteiger partial charge is 0.466 e. The molecule has 0 radical (unpaired) electrons. The van der Waals surface area contributed by atoms with E-state index in [1.54, 1.807) is 13.8 Å². The lowest BCUT2D eigenvalue weighted by Gasteiger charge is -1.93. The average Bonchev–Trinajstić information content (AvgIpc) is 2.07. The minimum Gasteiger partial charge on any atom is -0.466 e. The standard InChI is InChI=1S/C5H10O2.C4H10O/c1-3-5(6)7-4-2;1-3-5-4-2/h3-4H2,1-2H3;3-4H2,1-2H3. The second-order valence-corrected chi connectivity index (χ2v) is 1.94. The van der Waals surface area contributed by atoms with Crippen LogP contribution in [-0.2, 0) is 14.3 Å². The number of esters is 1. The maximum Gasteiger partial charge on any atom is 0.305 e. The number of rotatable bonds is 4. The van der Waals surface area contributed by atoms with Crippen molar-refractivity contribution in [2.75, 3.05) is 19.8 Å². The first-order valence-corrected chi connectivity index (χ1v) is 4.46. The van der Waals surface area contributed by atoms with Gasteiger partial charge in [0.1, 0.15) is 0 Å². The smallest absolute Gasteiger partial charge is 0.305 e. The summed E-state index contributed by atoms with van der Waals surface area (Å²) in [5.41, 5.74) is 0. The molecular formula is C9H20O3. The molecule has 0 fully saturated rings. The van der Waals surface area contributed by atoms with Gasteiger partial charge in [0.2, 0.25) is 0 Å². The van der Waals surface area contributed by atoms with Crippen LogP contribution in [0.15, 0.2) is 0 Å². The summed E-state index contributed by atoms with van der Waals surface area (Å²) in [6.07, 6.45) is 0.480. The Hall–Kier alpha value is -0.570. The minimum absolute atomic E-state index is 0.123. The van der Waals surface area contributed by atoms with Crippen LogP contribution < -0.4 is 0 Å². The van der Waals surface area contributed by atoms with Crippen LogP contribution in [0.4, 0.5) is 0 Å². The van der Waals surface area contributed by atoms with E-state index in [1.165, 1.54) is 0 Å². The fourth-order valence-corrected chi connectivity index (χ4v) is 0.467. The molecule has 0 aliphatic carbocycles. The highest BCUT2D eigenvalue weighted by atomic mass is 16.5. The SMILES string of the molecule is CCOC(=O)CC.CCOCC. The molecule has 0 bridgehead atoms. The molecule has 0 rings (SSSR count). The normalized spacial score (nSPS) is 8.33. The predicted octanol–water partition coefficient (Wildman–Crippen LogP) is 2.00. The zero-order valence-electron chi connectivity index (χ0n) is 8.55. The Labute approximate surface area is 75.1 Å². The van der Waals surface area contributed by atoms with Crippen LogP contribution in [0.25, 0.3) is 0 Å². The fraction of sp³-hybridized carbons (Fsp3) is 0.889. The molecule has 12 heavy (non-hydrogen) atoms. The molecule has 0 amide bonds. The van der Waals surface area contributed by atoms with Crippen molar-refractivity contribution in [2.45, 2.75) is 34.1 Å². The molecule has 74 valence electrons. The zero-order chi connectivity index (χ0) is 9.82. The van der Waals surface area contributed by atoms with Crippen molar-refractivity contribution < 1.29 is 14.3 Å². The van der Waals surface area contributed by atoms with Gasteiger partial charge in [-0.15, -0.1) is 0 Å². The summed E-state index contributed by atoms with van der Waals surface area (Å²) >= 11 is 0. The molecule has 0 aromatic heterocycles. The molecule has 0 aromatic carbocycles. The van der Waals surface area contributed by atoms with Gasteiger partial charge in [0.05, 0.1) is 6.61 Å². The second kappa shape index (κ2) is 13.1. The third-order valence-electron chi connectivity index (χ3n) is 1.00. The van der Waals surface area contributed by atoms with Crippen molar-refractivity contribution in [3.05, 3.63) is 0 Å². The Morgan fingerprint density at radius 3 is 1.58 bits per heavy atom. The Kier molecular flexibility index (Phi) is 15.2. The predicted molar refractivity (Wildman–Crippen MR) is 49.1 cm³/mol. The molecule has 0 atom stereocenters. The van der Waals surface area contributed by atoms with Gasteiger partial charge in [0.15, 0.2) is 0 Å². The Morgan fingerprint density at radius 2 is 1.50 bits per heavy atom. The van der Waals surface area contributed by atoms with Gasteiger partial charge < -0.3 is 9.47 Å². The first-order chi connectivity index (χ1) is 5.72. The molecule has 0 aliphatic heterocycles. The third-order valence-corrected chi connectivity index (χ3v) is 1.00. The van der Waals surface area contributed by atoms with E-state index in [2.05, 4.69) is 4.74 Å². The molecular weight excluding hydrogens is 156 g/mol. The number of ether oxygens (including phenoxy) is 2. The fourth-order valence-electron chi connectivity index (χ4n) is 0.467. The first kappa shape index (κ1) is 14.0. The molecule has 0 heterocycles. The van der Waals surface area contributed by atoms with Crippen molar-refractivity contribution in [1.29, 1.82) is 0 Å². The highest BCUT2D eigenvalue weighted by Gasteiger charge is 1.91. The van der Waals surface area contributed by atoms with Crippen molar-refractivity contribution >= 4 is 5.97 Å². The maximum absolute atomic E-state index is 10.2. The number of carbonyl (C=O) groups excluding carboxylic acids is 1. The van der Waals surface area contributed by atoms with Crippen LogP contribution in [0.2, 0.25) is 0 Å². The van der Waals surface area contributed by atoms with Gasteiger partial charge in [0.25, 0.3) is 0 Å². The van der Waals surface area contributed by atoms with Gasteiger partial charge in [-0.1, -0.05) is 6.92 Å². The molecule has 0 aromatic rings. The molecule has 0 aliphatic rings. The molecule has 3 nitrogen and oxygen atoms in total. The van der Waals surface area contributed by atoms with Gasteiger partial charge in [-0.3, -0.25) is 4.79 Å². The Bertz CT molecular complexity index is 89.8. The minimum atomic E-state index is -0.123. The van der Waals surface area contributed by atoms with Crippen LogP contribution >= 0.6 is 0 Å². The lowest BCUT2D eigenvalue weighted by Crippen LogP contribution is -2.00. The summed E-state index contributed by atoms with van der Waals surface area (Å²) in [6.45, 7) is 9.73. The number of hydrogen-bond donors (Lipinski definition) is 0. The molecule has 0 saturated carbocycles. The summed E-state index contributed by atoms with van der Waals surface area (Å²) < 4.78 is 9.39. The molecule has 0 N–H and O–H groups in total. The summed E-state index contributed by atoms with van der Waals surface area (Å²) in [7, 11) is 0. The zero-order valence-corrected chi connectivity index (χ0v) is 8.55. The van der Waals surface area contributed by atoms with Crippen LogP contribution in [0.3, 0.4) is 0 Å². The van der Waals surface area contributed by atoms with Crippen LogP contribution in [-0.4, -0.2) is 25.8 Å². The van der Waals surface area contributed by atoms with Gasteiger partial charge in [-0.2, -0.15) is 0 Å². The van der Waals surface area contributed by atoms with E-state index >= 15 is 0 Å². The second-order valence-electron chi connectivity index (χ2n) is 1.94. The third kappa shape index (κ3) is 16.2. The van der Waals surface area contributed by atoms with E-state index in [9.17, 15) is 4.79 Å². The van der Waals surface area contributed by atoms with Crippen LogP contribution in [0.1, 0.15) is 34.1 Å². The van der Waals surface area contributed by atoms with Gasteiger partial charge >= 0.3 is 5.97 Å². The average molecular weight is 176 g/mol. The summed E-state index contributed by atoms with van der Waals surface area (Å²) in [5.74, 6) is -0.123. The van der Waals surface area contributed by atoms with E-state index in [0.717, 1.165) is 13.2 Å². The molecule has 0 saturated heterocycles. The van der Waals surface area contributed by atoms with Gasteiger partial charge in [-0.05, 0) is 20.8 Å². The van der Waals surface area contributed by atoms with Crippen molar-refractivity contribution in [3.63, 3.8) is 0 Å². The van der Waals surface area contributed by atoms with Crippen LogP contribution in [0, 0.1) is 0 Å². The Morgan fingerprint density at radius 1 is 1.00 bits per heavy atom. The number of hydrogen-bond acceptors (Lipinski definition) is 3. The van der Waals surface area contributed by atoms with E-state index < -0.39 is 0 Å². The lowest BCUT2D eigenvalue weighted by molar-refractivity contribution is -0.142. The first-order valence-electron chi connectivity index (χ1n) is 4.46. The summed E-state index contributed by atoms with van der Waals surface area (Å²) in [6, 6.07) is 0. The highest BCUT2D eigenvalue weighted by molar-refractivity contribution is 5.68.